The maximum absolute atomic E-state index is 12.3. The summed E-state index contributed by atoms with van der Waals surface area (Å²) in [5, 5.41) is 0. The smallest absolute Gasteiger partial charge is 0.253 e. The van der Waals surface area contributed by atoms with Gasteiger partial charge in [0.05, 0.1) is 12.7 Å². The number of carbonyl (C=O) groups excluding carboxylic acids is 1. The molecular weight excluding hydrogens is 377 g/mol. The van der Waals surface area contributed by atoms with Gasteiger partial charge in [-0.05, 0) is 59.7 Å². The maximum Gasteiger partial charge on any atom is 0.253 e. The van der Waals surface area contributed by atoms with E-state index in [0.717, 1.165) is 35.1 Å². The standard InChI is InChI=1S/C14H17ClINO2/c15-7-10-19-13-5-8-17(9-6-13)14(18)11-1-3-12(16)4-2-11/h1-4,13H,5-10H2. The van der Waals surface area contributed by atoms with Crippen molar-refractivity contribution in [2.24, 2.45) is 0 Å². The lowest BCUT2D eigenvalue weighted by atomic mass is 10.1. The number of hydrogen-bond acceptors (Lipinski definition) is 2. The van der Waals surface area contributed by atoms with Crippen LogP contribution in [0, 0.1) is 3.57 Å². The second-order valence-electron chi connectivity index (χ2n) is 4.56. The lowest BCUT2D eigenvalue weighted by molar-refractivity contribution is 0.0154. The summed E-state index contributed by atoms with van der Waals surface area (Å²) in [5.74, 6) is 0.647. The number of rotatable bonds is 4. The van der Waals surface area contributed by atoms with Crippen molar-refractivity contribution in [1.29, 1.82) is 0 Å². The Balaban J connectivity index is 1.87. The highest BCUT2D eigenvalue weighted by atomic mass is 127. The number of halogens is 2. The molecule has 1 heterocycles. The molecule has 1 aliphatic heterocycles. The fourth-order valence-corrected chi connectivity index (χ4v) is 2.66. The van der Waals surface area contributed by atoms with Crippen molar-refractivity contribution in [1.82, 2.24) is 4.90 Å². The van der Waals surface area contributed by atoms with E-state index < -0.39 is 0 Å². The molecule has 1 fully saturated rings. The summed E-state index contributed by atoms with van der Waals surface area (Å²) in [5.41, 5.74) is 0.764. The third kappa shape index (κ3) is 4.33. The molecule has 1 aromatic rings. The van der Waals surface area contributed by atoms with Crippen LogP contribution in [-0.4, -0.2) is 42.5 Å². The number of likely N-dealkylation sites (tertiary alicyclic amines) is 1. The van der Waals surface area contributed by atoms with Crippen LogP contribution < -0.4 is 0 Å². The van der Waals surface area contributed by atoms with E-state index in [9.17, 15) is 4.79 Å². The van der Waals surface area contributed by atoms with Gasteiger partial charge in [-0.3, -0.25) is 4.79 Å². The minimum Gasteiger partial charge on any atom is -0.377 e. The number of benzene rings is 1. The fourth-order valence-electron chi connectivity index (χ4n) is 2.21. The van der Waals surface area contributed by atoms with Crippen LogP contribution in [0.3, 0.4) is 0 Å². The van der Waals surface area contributed by atoms with Gasteiger partial charge in [-0.25, -0.2) is 0 Å². The van der Waals surface area contributed by atoms with E-state index in [1.165, 1.54) is 0 Å². The Morgan fingerprint density at radius 3 is 2.53 bits per heavy atom. The summed E-state index contributed by atoms with van der Waals surface area (Å²) in [4.78, 5) is 14.2. The van der Waals surface area contributed by atoms with Gasteiger partial charge in [0.15, 0.2) is 0 Å². The van der Waals surface area contributed by atoms with Crippen LogP contribution in [0.4, 0.5) is 0 Å². The van der Waals surface area contributed by atoms with Gasteiger partial charge < -0.3 is 9.64 Å². The number of alkyl halides is 1. The Morgan fingerprint density at radius 1 is 1.32 bits per heavy atom. The average molecular weight is 394 g/mol. The summed E-state index contributed by atoms with van der Waals surface area (Å²) in [6, 6.07) is 7.70. The Kier molecular flexibility index (Phi) is 5.91. The van der Waals surface area contributed by atoms with Gasteiger partial charge in [-0.15, -0.1) is 11.6 Å². The van der Waals surface area contributed by atoms with E-state index in [1.54, 1.807) is 0 Å². The monoisotopic (exact) mass is 393 g/mol. The van der Waals surface area contributed by atoms with Crippen molar-refractivity contribution < 1.29 is 9.53 Å². The minimum absolute atomic E-state index is 0.118. The van der Waals surface area contributed by atoms with Crippen molar-refractivity contribution in [3.63, 3.8) is 0 Å². The average Bonchev–Trinajstić information content (AvgIpc) is 2.46. The van der Waals surface area contributed by atoms with Crippen molar-refractivity contribution in [3.05, 3.63) is 33.4 Å². The minimum atomic E-state index is 0.118. The van der Waals surface area contributed by atoms with Crippen molar-refractivity contribution >= 4 is 40.1 Å². The van der Waals surface area contributed by atoms with Crippen LogP contribution in [0.15, 0.2) is 24.3 Å². The van der Waals surface area contributed by atoms with Gasteiger partial charge in [0, 0.05) is 28.1 Å². The molecule has 0 bridgehead atoms. The van der Waals surface area contributed by atoms with Gasteiger partial charge in [-0.1, -0.05) is 0 Å². The van der Waals surface area contributed by atoms with Crippen molar-refractivity contribution in [2.75, 3.05) is 25.6 Å². The fraction of sp³-hybridized carbons (Fsp3) is 0.500. The van der Waals surface area contributed by atoms with Gasteiger partial charge in [0.25, 0.3) is 5.91 Å². The van der Waals surface area contributed by atoms with E-state index in [0.29, 0.717) is 12.5 Å². The highest BCUT2D eigenvalue weighted by Gasteiger charge is 2.23. The molecule has 1 amide bonds. The molecule has 0 atom stereocenters. The van der Waals surface area contributed by atoms with Crippen LogP contribution in [0.5, 0.6) is 0 Å². The Hall–Kier alpha value is -0.330. The van der Waals surface area contributed by atoms with Gasteiger partial charge in [0.1, 0.15) is 0 Å². The second kappa shape index (κ2) is 7.45. The molecule has 2 rings (SSSR count). The largest absolute Gasteiger partial charge is 0.377 e. The first-order valence-electron chi connectivity index (χ1n) is 6.43. The molecule has 0 unspecified atom stereocenters. The van der Waals surface area contributed by atoms with Crippen LogP contribution in [-0.2, 0) is 4.74 Å². The lowest BCUT2D eigenvalue weighted by Gasteiger charge is -2.32. The predicted molar refractivity (Wildman–Crippen MR) is 84.8 cm³/mol. The Labute approximate surface area is 132 Å². The van der Waals surface area contributed by atoms with Crippen LogP contribution in [0.1, 0.15) is 23.2 Å². The van der Waals surface area contributed by atoms with Crippen LogP contribution in [0.25, 0.3) is 0 Å². The highest BCUT2D eigenvalue weighted by Crippen LogP contribution is 2.17. The zero-order valence-corrected chi connectivity index (χ0v) is 13.6. The highest BCUT2D eigenvalue weighted by molar-refractivity contribution is 14.1. The lowest BCUT2D eigenvalue weighted by Crippen LogP contribution is -2.41. The maximum atomic E-state index is 12.3. The molecule has 1 saturated heterocycles. The quantitative estimate of drug-likeness (QED) is 0.581. The van der Waals surface area contributed by atoms with Gasteiger partial charge in [-0.2, -0.15) is 0 Å². The van der Waals surface area contributed by atoms with Crippen molar-refractivity contribution in [2.45, 2.75) is 18.9 Å². The SMILES string of the molecule is O=C(c1ccc(I)cc1)N1CCC(OCCCl)CC1. The molecule has 0 radical (unpaired) electrons. The number of nitrogens with zero attached hydrogens (tertiary/aromatic N) is 1. The molecule has 1 aromatic carbocycles. The molecule has 0 N–H and O–H groups in total. The molecule has 3 nitrogen and oxygen atoms in total. The first kappa shape index (κ1) is 15.1. The van der Waals surface area contributed by atoms with Gasteiger partial charge in [0.2, 0.25) is 0 Å². The molecule has 0 aliphatic carbocycles. The molecule has 5 heteroatoms. The Bertz CT molecular complexity index is 416. The summed E-state index contributed by atoms with van der Waals surface area (Å²) < 4.78 is 6.75. The number of hydrogen-bond donors (Lipinski definition) is 0. The van der Waals surface area contributed by atoms with Crippen LogP contribution in [0.2, 0.25) is 0 Å². The van der Waals surface area contributed by atoms with E-state index in [4.69, 9.17) is 16.3 Å². The number of amides is 1. The summed E-state index contributed by atoms with van der Waals surface area (Å²) >= 11 is 7.84. The molecule has 0 spiro atoms. The topological polar surface area (TPSA) is 29.5 Å². The van der Waals surface area contributed by atoms with E-state index >= 15 is 0 Å². The third-order valence-electron chi connectivity index (χ3n) is 3.25. The second-order valence-corrected chi connectivity index (χ2v) is 6.18. The molecule has 1 aliphatic rings. The third-order valence-corrected chi connectivity index (χ3v) is 4.12. The molecular formula is C14H17ClINO2. The first-order valence-corrected chi connectivity index (χ1v) is 8.04. The number of ether oxygens (including phenoxy) is 1. The first-order chi connectivity index (χ1) is 9.20. The zero-order chi connectivity index (χ0) is 13.7. The van der Waals surface area contributed by atoms with Gasteiger partial charge >= 0.3 is 0 Å². The molecule has 0 aromatic heterocycles. The Morgan fingerprint density at radius 2 is 1.95 bits per heavy atom. The summed E-state index contributed by atoms with van der Waals surface area (Å²) in [6.07, 6.45) is 2.04. The molecule has 19 heavy (non-hydrogen) atoms. The zero-order valence-electron chi connectivity index (χ0n) is 10.6. The van der Waals surface area contributed by atoms with Crippen molar-refractivity contribution in [3.8, 4) is 0 Å². The summed E-state index contributed by atoms with van der Waals surface area (Å²) in [7, 11) is 0. The summed E-state index contributed by atoms with van der Waals surface area (Å²) in [6.45, 7) is 2.12. The molecule has 0 saturated carbocycles. The van der Waals surface area contributed by atoms with E-state index in [2.05, 4.69) is 22.6 Å². The van der Waals surface area contributed by atoms with E-state index in [1.807, 2.05) is 29.2 Å². The molecule has 104 valence electrons. The van der Waals surface area contributed by atoms with Crippen LogP contribution >= 0.6 is 34.2 Å². The number of carbonyl (C=O) groups is 1. The normalized spacial score (nSPS) is 16.6. The number of piperidine rings is 1. The van der Waals surface area contributed by atoms with E-state index in [-0.39, 0.29) is 12.0 Å². The predicted octanol–water partition coefficient (Wildman–Crippen LogP) is 3.15.